The maximum Gasteiger partial charge on any atom is 0.341 e. The number of carbonyl (C=O) groups excluding carboxylic acids is 1. The normalized spacial score (nSPS) is 12.0. The summed E-state index contributed by atoms with van der Waals surface area (Å²) in [4.78, 5) is 11.0. The number of hydrogen-bond donors (Lipinski definition) is 0. The molecule has 124 valence electrons. The first-order valence-corrected chi connectivity index (χ1v) is 13.1. The highest BCUT2D eigenvalue weighted by molar-refractivity contribution is 7.64. The predicted molar refractivity (Wildman–Crippen MR) is 95.4 cm³/mol. The van der Waals surface area contributed by atoms with Crippen LogP contribution >= 0.6 is 33.2 Å². The largest absolute Gasteiger partial charge is 0.463 e. The van der Waals surface area contributed by atoms with Crippen molar-refractivity contribution >= 4 is 45.2 Å². The lowest BCUT2D eigenvalue weighted by atomic mass is 10.1. The fourth-order valence-electron chi connectivity index (χ4n) is 2.02. The van der Waals surface area contributed by atoms with Crippen LogP contribution in [-0.4, -0.2) is 18.6 Å². The van der Waals surface area contributed by atoms with Crippen molar-refractivity contribution in [1.29, 1.82) is 0 Å². The Morgan fingerprint density at radius 3 is 1.86 bits per heavy atom. The first-order valence-electron chi connectivity index (χ1n) is 7.82. The molecule has 0 N–H and O–H groups in total. The van der Waals surface area contributed by atoms with Crippen molar-refractivity contribution in [2.45, 2.75) is 70.8 Å². The molecule has 0 rings (SSSR count). The number of ether oxygens (including phenoxy) is 1. The second kappa shape index (κ2) is 13.9. The second-order valence-electron chi connectivity index (χ2n) is 5.21. The average Bonchev–Trinajstić information content (AvgIpc) is 2.39. The molecule has 0 aromatic heterocycles. The van der Waals surface area contributed by atoms with Crippen LogP contribution < -0.4 is 0 Å². The van der Waals surface area contributed by atoms with Crippen LogP contribution in [0, 0.1) is 0 Å². The van der Waals surface area contributed by atoms with Gasteiger partial charge in [0.05, 0.1) is 6.61 Å². The van der Waals surface area contributed by atoms with Crippen LogP contribution in [0.4, 0.5) is 0 Å². The molecule has 0 spiro atoms. The van der Waals surface area contributed by atoms with Crippen LogP contribution in [-0.2, 0) is 9.53 Å². The van der Waals surface area contributed by atoms with Crippen molar-refractivity contribution in [2.24, 2.45) is 0 Å². The van der Waals surface area contributed by atoms with Gasteiger partial charge in [0.25, 0.3) is 0 Å². The highest BCUT2D eigenvalue weighted by Gasteiger charge is 2.23. The molecule has 2 nitrogen and oxygen atoms in total. The fourth-order valence-corrected chi connectivity index (χ4v) is 3.88. The summed E-state index contributed by atoms with van der Waals surface area (Å²) in [6.45, 7) is 2.34. The highest BCUT2D eigenvalue weighted by atomic mass is 35.8. The zero-order chi connectivity index (χ0) is 16.0. The summed E-state index contributed by atoms with van der Waals surface area (Å²) in [5.74, 6) is -0.240. The van der Waals surface area contributed by atoms with Gasteiger partial charge in [-0.2, -0.15) is 0 Å². The number of hydrogen-bond acceptors (Lipinski definition) is 2. The molecule has 0 bridgehead atoms. The third-order valence-corrected chi connectivity index (χ3v) is 5.77. The van der Waals surface area contributed by atoms with E-state index in [0.29, 0.717) is 6.61 Å². The third kappa shape index (κ3) is 18.2. The van der Waals surface area contributed by atoms with Gasteiger partial charge in [-0.25, -0.2) is 4.79 Å². The van der Waals surface area contributed by atoms with Crippen LogP contribution in [0.15, 0.2) is 12.2 Å². The summed E-state index contributed by atoms with van der Waals surface area (Å²) in [6, 6.07) is -1.61. The van der Waals surface area contributed by atoms with E-state index in [1.54, 1.807) is 13.0 Å². The van der Waals surface area contributed by atoms with Crippen molar-refractivity contribution in [3.8, 4) is 0 Å². The van der Waals surface area contributed by atoms with E-state index in [-0.39, 0.29) is 5.97 Å². The van der Waals surface area contributed by atoms with Gasteiger partial charge in [0.1, 0.15) is 0 Å². The minimum Gasteiger partial charge on any atom is -0.463 e. The topological polar surface area (TPSA) is 26.3 Å². The standard InChI is InChI=1S/C15H27Cl3O2Si/c1-2-12-15(19)20-13-10-8-6-4-3-5-7-9-11-14-21(16,17)18/h2,12H,3-11,13-14H2,1H3. The highest BCUT2D eigenvalue weighted by Crippen LogP contribution is 2.27. The second-order valence-corrected chi connectivity index (χ2v) is 14.5. The van der Waals surface area contributed by atoms with Crippen molar-refractivity contribution in [3.05, 3.63) is 12.2 Å². The maximum atomic E-state index is 11.0. The van der Waals surface area contributed by atoms with Gasteiger partial charge in [0.15, 0.2) is 0 Å². The molecule has 0 fully saturated rings. The van der Waals surface area contributed by atoms with E-state index in [1.807, 2.05) is 0 Å². The Balaban J connectivity index is 3.14. The van der Waals surface area contributed by atoms with Gasteiger partial charge in [0, 0.05) is 6.08 Å². The Kier molecular flexibility index (Phi) is 14.1. The molecule has 0 aromatic carbocycles. The first kappa shape index (κ1) is 21.3. The molecule has 6 heteroatoms. The Bertz CT molecular complexity index is 291. The Hall–Kier alpha value is 0.297. The zero-order valence-electron chi connectivity index (χ0n) is 12.9. The van der Waals surface area contributed by atoms with Crippen molar-refractivity contribution < 1.29 is 9.53 Å². The minimum absolute atomic E-state index is 0.240. The number of rotatable bonds is 13. The third-order valence-electron chi connectivity index (χ3n) is 3.15. The predicted octanol–water partition coefficient (Wildman–Crippen LogP) is 6.27. The van der Waals surface area contributed by atoms with E-state index in [0.717, 1.165) is 25.3 Å². The maximum absolute atomic E-state index is 11.0. The van der Waals surface area contributed by atoms with Gasteiger partial charge in [-0.1, -0.05) is 57.4 Å². The van der Waals surface area contributed by atoms with E-state index in [9.17, 15) is 4.79 Å². The molecule has 0 unspecified atom stereocenters. The molecule has 0 saturated carbocycles. The van der Waals surface area contributed by atoms with E-state index < -0.39 is 6.00 Å². The van der Waals surface area contributed by atoms with Crippen molar-refractivity contribution in [2.75, 3.05) is 6.61 Å². The first-order chi connectivity index (χ1) is 9.95. The molecular formula is C15H27Cl3O2Si. The Morgan fingerprint density at radius 2 is 1.38 bits per heavy atom. The zero-order valence-corrected chi connectivity index (χ0v) is 16.2. The summed E-state index contributed by atoms with van der Waals surface area (Å²) in [5, 5.41) is 0. The van der Waals surface area contributed by atoms with Crippen molar-refractivity contribution in [1.82, 2.24) is 0 Å². The van der Waals surface area contributed by atoms with E-state index in [2.05, 4.69) is 0 Å². The monoisotopic (exact) mass is 372 g/mol. The molecular weight excluding hydrogens is 347 g/mol. The van der Waals surface area contributed by atoms with Gasteiger partial charge in [-0.15, -0.1) is 33.2 Å². The molecule has 21 heavy (non-hydrogen) atoms. The number of allylic oxidation sites excluding steroid dienone is 1. The molecule has 0 atom stereocenters. The molecule has 0 aromatic rings. The van der Waals surface area contributed by atoms with Crippen LogP contribution in [0.1, 0.15) is 64.7 Å². The van der Waals surface area contributed by atoms with Gasteiger partial charge in [-0.3, -0.25) is 0 Å². The molecule has 0 amide bonds. The van der Waals surface area contributed by atoms with Gasteiger partial charge in [-0.05, 0) is 19.4 Å². The van der Waals surface area contributed by atoms with Gasteiger partial charge in [0.2, 0.25) is 0 Å². The Morgan fingerprint density at radius 1 is 0.905 bits per heavy atom. The number of carbonyl (C=O) groups is 1. The summed E-state index contributed by atoms with van der Waals surface area (Å²) in [7, 11) is 0. The van der Waals surface area contributed by atoms with Crippen molar-refractivity contribution in [3.63, 3.8) is 0 Å². The number of halogens is 3. The van der Waals surface area contributed by atoms with Crippen LogP contribution in [0.2, 0.25) is 6.04 Å². The lowest BCUT2D eigenvalue weighted by Crippen LogP contribution is -2.07. The fraction of sp³-hybridized carbons (Fsp3) is 0.800. The quantitative estimate of drug-likeness (QED) is 0.125. The summed E-state index contributed by atoms with van der Waals surface area (Å²) in [5.41, 5.74) is 0. The number of unbranched alkanes of at least 4 members (excludes halogenated alkanes) is 8. The average molecular weight is 374 g/mol. The van der Waals surface area contributed by atoms with Crippen LogP contribution in [0.25, 0.3) is 0 Å². The van der Waals surface area contributed by atoms with Gasteiger partial charge >= 0.3 is 12.0 Å². The Labute approximate surface area is 144 Å². The molecule has 0 saturated heterocycles. The molecule has 0 aliphatic rings. The molecule has 0 aliphatic heterocycles. The lowest BCUT2D eigenvalue weighted by Gasteiger charge is -2.07. The van der Waals surface area contributed by atoms with Crippen LogP contribution in [0.3, 0.4) is 0 Å². The molecule has 0 radical (unpaired) electrons. The molecule has 0 heterocycles. The lowest BCUT2D eigenvalue weighted by molar-refractivity contribution is -0.137. The minimum atomic E-state index is -2.39. The van der Waals surface area contributed by atoms with E-state index in [4.69, 9.17) is 38.0 Å². The van der Waals surface area contributed by atoms with E-state index in [1.165, 1.54) is 44.6 Å². The SMILES string of the molecule is CC=CC(=O)OCCCCCCCCCCC[Si](Cl)(Cl)Cl. The summed E-state index contributed by atoms with van der Waals surface area (Å²) < 4.78 is 5.03. The summed E-state index contributed by atoms with van der Waals surface area (Å²) in [6.07, 6.45) is 13.7. The number of esters is 1. The van der Waals surface area contributed by atoms with Gasteiger partial charge < -0.3 is 4.74 Å². The van der Waals surface area contributed by atoms with Crippen LogP contribution in [0.5, 0.6) is 0 Å². The molecule has 0 aliphatic carbocycles. The summed E-state index contributed by atoms with van der Waals surface area (Å²) >= 11 is 17.5. The van der Waals surface area contributed by atoms with E-state index >= 15 is 0 Å². The smallest absolute Gasteiger partial charge is 0.341 e.